The molecule has 0 unspecified atom stereocenters. The van der Waals surface area contributed by atoms with Gasteiger partial charge in [-0.1, -0.05) is 13.5 Å². The monoisotopic (exact) mass is 228 g/mol. The number of esters is 1. The third-order valence-corrected chi connectivity index (χ3v) is 1.63. The van der Waals surface area contributed by atoms with E-state index in [1.165, 1.54) is 12.2 Å². The molecular formula is C12H20O4. The first-order valence-corrected chi connectivity index (χ1v) is 5.36. The molecular weight excluding hydrogens is 208 g/mol. The molecule has 0 fully saturated rings. The van der Waals surface area contributed by atoms with Crippen molar-refractivity contribution in [3.8, 4) is 0 Å². The SMILES string of the molecule is C=C(/C=C/C(=O)OCCC)OCCCOC. The smallest absolute Gasteiger partial charge is 0.330 e. The molecule has 0 aromatic rings. The molecule has 92 valence electrons. The van der Waals surface area contributed by atoms with Gasteiger partial charge in [0.2, 0.25) is 0 Å². The number of hydrogen-bond donors (Lipinski definition) is 0. The Kier molecular flexibility index (Phi) is 9.41. The summed E-state index contributed by atoms with van der Waals surface area (Å²) >= 11 is 0. The van der Waals surface area contributed by atoms with Crippen LogP contribution in [0.2, 0.25) is 0 Å². The van der Waals surface area contributed by atoms with Crippen molar-refractivity contribution in [2.75, 3.05) is 26.9 Å². The van der Waals surface area contributed by atoms with Crippen molar-refractivity contribution in [3.05, 3.63) is 24.5 Å². The zero-order chi connectivity index (χ0) is 12.2. The largest absolute Gasteiger partial charge is 0.494 e. The molecule has 0 aliphatic heterocycles. The molecule has 0 bridgehead atoms. The van der Waals surface area contributed by atoms with Gasteiger partial charge in [-0.15, -0.1) is 0 Å². The Morgan fingerprint density at radius 1 is 1.19 bits per heavy atom. The molecule has 0 heterocycles. The van der Waals surface area contributed by atoms with Crippen LogP contribution in [0.3, 0.4) is 0 Å². The predicted octanol–water partition coefficient (Wildman–Crippen LogP) is 2.06. The summed E-state index contributed by atoms with van der Waals surface area (Å²) in [5.74, 6) is 0.0769. The van der Waals surface area contributed by atoms with Crippen molar-refractivity contribution in [1.29, 1.82) is 0 Å². The predicted molar refractivity (Wildman–Crippen MR) is 62.0 cm³/mol. The molecule has 0 N–H and O–H groups in total. The third-order valence-electron chi connectivity index (χ3n) is 1.63. The number of methoxy groups -OCH3 is 1. The molecule has 0 spiro atoms. The second-order valence-electron chi connectivity index (χ2n) is 3.16. The van der Waals surface area contributed by atoms with Gasteiger partial charge in [0, 0.05) is 26.2 Å². The van der Waals surface area contributed by atoms with Crippen LogP contribution in [0.1, 0.15) is 19.8 Å². The third kappa shape index (κ3) is 9.27. The van der Waals surface area contributed by atoms with Gasteiger partial charge in [0.05, 0.1) is 13.2 Å². The lowest BCUT2D eigenvalue weighted by molar-refractivity contribution is -0.137. The first-order valence-electron chi connectivity index (χ1n) is 5.36. The highest BCUT2D eigenvalue weighted by molar-refractivity contribution is 5.82. The second-order valence-corrected chi connectivity index (χ2v) is 3.16. The first kappa shape index (κ1) is 14.7. The molecule has 16 heavy (non-hydrogen) atoms. The van der Waals surface area contributed by atoms with E-state index in [-0.39, 0.29) is 5.97 Å². The van der Waals surface area contributed by atoms with Crippen LogP contribution in [0.25, 0.3) is 0 Å². The van der Waals surface area contributed by atoms with E-state index in [1.807, 2.05) is 6.92 Å². The van der Waals surface area contributed by atoms with Crippen LogP contribution in [0.15, 0.2) is 24.5 Å². The van der Waals surface area contributed by atoms with Gasteiger partial charge in [0.25, 0.3) is 0 Å². The number of hydrogen-bond acceptors (Lipinski definition) is 4. The fourth-order valence-corrected chi connectivity index (χ4v) is 0.866. The molecule has 0 aliphatic carbocycles. The highest BCUT2D eigenvalue weighted by Crippen LogP contribution is 1.98. The van der Waals surface area contributed by atoms with Crippen molar-refractivity contribution in [2.45, 2.75) is 19.8 Å². The van der Waals surface area contributed by atoms with Crippen LogP contribution in [-0.2, 0) is 19.0 Å². The minimum atomic E-state index is -0.372. The molecule has 0 aromatic carbocycles. The molecule has 0 radical (unpaired) electrons. The van der Waals surface area contributed by atoms with Crippen molar-refractivity contribution in [2.24, 2.45) is 0 Å². The summed E-state index contributed by atoms with van der Waals surface area (Å²) in [5, 5.41) is 0. The number of allylic oxidation sites excluding steroid dienone is 1. The molecule has 0 aliphatic rings. The average molecular weight is 228 g/mol. The Hall–Kier alpha value is -1.29. The van der Waals surface area contributed by atoms with Crippen LogP contribution in [0.4, 0.5) is 0 Å². The maximum Gasteiger partial charge on any atom is 0.330 e. The van der Waals surface area contributed by atoms with Crippen molar-refractivity contribution in [3.63, 3.8) is 0 Å². The maximum absolute atomic E-state index is 11.1. The van der Waals surface area contributed by atoms with Gasteiger partial charge >= 0.3 is 5.97 Å². The van der Waals surface area contributed by atoms with E-state index in [1.54, 1.807) is 7.11 Å². The molecule has 0 atom stereocenters. The van der Waals surface area contributed by atoms with E-state index >= 15 is 0 Å². The Labute approximate surface area is 96.9 Å². The lowest BCUT2D eigenvalue weighted by atomic mass is 10.4. The van der Waals surface area contributed by atoms with Gasteiger partial charge in [-0.05, 0) is 12.5 Å². The highest BCUT2D eigenvalue weighted by atomic mass is 16.5. The van der Waals surface area contributed by atoms with E-state index in [0.29, 0.717) is 25.6 Å². The summed E-state index contributed by atoms with van der Waals surface area (Å²) in [7, 11) is 1.64. The summed E-state index contributed by atoms with van der Waals surface area (Å²) in [6.45, 7) is 7.20. The normalized spacial score (nSPS) is 10.4. The summed E-state index contributed by atoms with van der Waals surface area (Å²) in [5.41, 5.74) is 0. The van der Waals surface area contributed by atoms with E-state index in [4.69, 9.17) is 14.2 Å². The van der Waals surface area contributed by atoms with E-state index in [2.05, 4.69) is 6.58 Å². The fraction of sp³-hybridized carbons (Fsp3) is 0.583. The van der Waals surface area contributed by atoms with Crippen LogP contribution in [-0.4, -0.2) is 32.9 Å². The van der Waals surface area contributed by atoms with Gasteiger partial charge in [-0.25, -0.2) is 4.79 Å². The molecule has 0 saturated carbocycles. The van der Waals surface area contributed by atoms with Crippen molar-refractivity contribution >= 4 is 5.97 Å². The topological polar surface area (TPSA) is 44.8 Å². The number of rotatable bonds is 9. The van der Waals surface area contributed by atoms with E-state index in [9.17, 15) is 4.79 Å². The molecule has 0 amide bonds. The van der Waals surface area contributed by atoms with Gasteiger partial charge < -0.3 is 14.2 Å². The molecule has 0 saturated heterocycles. The van der Waals surface area contributed by atoms with Crippen molar-refractivity contribution in [1.82, 2.24) is 0 Å². The van der Waals surface area contributed by atoms with Crippen molar-refractivity contribution < 1.29 is 19.0 Å². The Bertz CT molecular complexity index is 233. The standard InChI is InChI=1S/C12H20O4/c1-4-8-16-12(13)7-6-11(2)15-10-5-9-14-3/h6-7H,2,4-5,8-10H2,1,3H3/b7-6+. The first-order chi connectivity index (χ1) is 7.70. The zero-order valence-electron chi connectivity index (χ0n) is 10.0. The Morgan fingerprint density at radius 2 is 1.94 bits per heavy atom. The number of carbonyl (C=O) groups excluding carboxylic acids is 1. The zero-order valence-corrected chi connectivity index (χ0v) is 10.0. The molecule has 4 nitrogen and oxygen atoms in total. The van der Waals surface area contributed by atoms with Gasteiger partial charge in [-0.3, -0.25) is 0 Å². The highest BCUT2D eigenvalue weighted by Gasteiger charge is 1.96. The van der Waals surface area contributed by atoms with Crippen LogP contribution < -0.4 is 0 Å². The summed E-state index contributed by atoms with van der Waals surface area (Å²) < 4.78 is 14.9. The van der Waals surface area contributed by atoms with Crippen LogP contribution >= 0.6 is 0 Å². The van der Waals surface area contributed by atoms with E-state index < -0.39 is 0 Å². The average Bonchev–Trinajstić information content (AvgIpc) is 2.29. The maximum atomic E-state index is 11.1. The van der Waals surface area contributed by atoms with Gasteiger partial charge in [0.15, 0.2) is 0 Å². The van der Waals surface area contributed by atoms with E-state index in [0.717, 1.165) is 12.8 Å². The summed E-state index contributed by atoms with van der Waals surface area (Å²) in [6.07, 6.45) is 4.43. The lowest BCUT2D eigenvalue weighted by Gasteiger charge is -2.04. The number of ether oxygens (including phenoxy) is 3. The molecule has 0 aromatic heterocycles. The van der Waals surface area contributed by atoms with Gasteiger partial charge in [-0.2, -0.15) is 0 Å². The Balaban J connectivity index is 3.60. The minimum Gasteiger partial charge on any atom is -0.494 e. The molecule has 0 rings (SSSR count). The second kappa shape index (κ2) is 10.2. The minimum absolute atomic E-state index is 0.372. The Morgan fingerprint density at radius 3 is 2.56 bits per heavy atom. The fourth-order valence-electron chi connectivity index (χ4n) is 0.866. The number of carbonyl (C=O) groups is 1. The quantitative estimate of drug-likeness (QED) is 0.199. The summed E-state index contributed by atoms with van der Waals surface area (Å²) in [6, 6.07) is 0. The van der Waals surface area contributed by atoms with Crippen LogP contribution in [0.5, 0.6) is 0 Å². The van der Waals surface area contributed by atoms with Crippen LogP contribution in [0, 0.1) is 0 Å². The lowest BCUT2D eigenvalue weighted by Crippen LogP contribution is -2.02. The summed E-state index contributed by atoms with van der Waals surface area (Å²) in [4.78, 5) is 11.1. The van der Waals surface area contributed by atoms with Gasteiger partial charge in [0.1, 0.15) is 5.76 Å². The molecule has 4 heteroatoms.